The van der Waals surface area contributed by atoms with Crippen LogP contribution in [-0.4, -0.2) is 50.3 Å². The van der Waals surface area contributed by atoms with Crippen LogP contribution in [0, 0.1) is 5.41 Å². The molecule has 108 valence electrons. The van der Waals surface area contributed by atoms with Crippen LogP contribution in [0.4, 0.5) is 4.79 Å². The van der Waals surface area contributed by atoms with Crippen molar-refractivity contribution in [1.82, 2.24) is 10.5 Å². The van der Waals surface area contributed by atoms with Crippen molar-refractivity contribution in [3.8, 4) is 0 Å². The molecule has 1 heterocycles. The van der Waals surface area contributed by atoms with E-state index in [0.29, 0.717) is 5.71 Å². The summed E-state index contributed by atoms with van der Waals surface area (Å²) in [6, 6.07) is 0. The topological polar surface area (TPSA) is 122 Å². The fourth-order valence-electron chi connectivity index (χ4n) is 2.37. The van der Waals surface area contributed by atoms with E-state index in [1.165, 1.54) is 13.8 Å². The first-order valence-electron chi connectivity index (χ1n) is 5.85. The molecular weight excluding hydrogens is 254 g/mol. The van der Waals surface area contributed by atoms with Gasteiger partial charge in [0.15, 0.2) is 0 Å². The number of amides is 2. The van der Waals surface area contributed by atoms with Gasteiger partial charge in [-0.2, -0.15) is 10.2 Å². The van der Waals surface area contributed by atoms with E-state index in [-0.39, 0.29) is 24.5 Å². The first-order chi connectivity index (χ1) is 8.67. The summed E-state index contributed by atoms with van der Waals surface area (Å²) in [5.41, 5.74) is 0.499. The molecular formula is C11H19N3O5. The van der Waals surface area contributed by atoms with E-state index in [9.17, 15) is 14.8 Å². The van der Waals surface area contributed by atoms with Gasteiger partial charge in [0.2, 0.25) is 0 Å². The second-order valence-electron chi connectivity index (χ2n) is 5.28. The Kier molecular flexibility index (Phi) is 4.16. The third-order valence-electron chi connectivity index (χ3n) is 3.48. The van der Waals surface area contributed by atoms with E-state index in [0.717, 1.165) is 0 Å². The molecule has 4 N–H and O–H groups in total. The van der Waals surface area contributed by atoms with Crippen LogP contribution in [0.2, 0.25) is 0 Å². The molecule has 1 unspecified atom stereocenters. The molecule has 1 aliphatic rings. The number of hydrazone groups is 1. The lowest BCUT2D eigenvalue weighted by Gasteiger charge is -2.38. The highest BCUT2D eigenvalue weighted by Crippen LogP contribution is 2.38. The summed E-state index contributed by atoms with van der Waals surface area (Å²) in [7, 11) is 0. The average Bonchev–Trinajstić information content (AvgIpc) is 2.56. The van der Waals surface area contributed by atoms with Crippen LogP contribution < -0.4 is 5.43 Å². The lowest BCUT2D eigenvalue weighted by atomic mass is 9.71. The van der Waals surface area contributed by atoms with Crippen LogP contribution in [0.25, 0.3) is 0 Å². The van der Waals surface area contributed by atoms with Gasteiger partial charge in [-0.05, 0) is 33.6 Å². The molecule has 0 spiro atoms. The third-order valence-corrected chi connectivity index (χ3v) is 3.48. The molecule has 0 saturated heterocycles. The smallest absolute Gasteiger partial charge is 0.431 e. The van der Waals surface area contributed by atoms with Crippen molar-refractivity contribution in [2.75, 3.05) is 6.61 Å². The molecule has 1 rings (SSSR count). The van der Waals surface area contributed by atoms with Crippen molar-refractivity contribution in [3.05, 3.63) is 0 Å². The Labute approximate surface area is 110 Å². The highest BCUT2D eigenvalue weighted by atomic mass is 16.6. The van der Waals surface area contributed by atoms with Crippen molar-refractivity contribution in [3.63, 3.8) is 0 Å². The number of rotatable bonds is 5. The fraction of sp³-hybridized carbons (Fsp3) is 0.727. The summed E-state index contributed by atoms with van der Waals surface area (Å²) in [6.07, 6.45) is -1.37. The van der Waals surface area contributed by atoms with Crippen molar-refractivity contribution in [1.29, 1.82) is 0 Å². The van der Waals surface area contributed by atoms with Gasteiger partial charge in [-0.25, -0.2) is 10.2 Å². The molecule has 0 fully saturated rings. The van der Waals surface area contributed by atoms with Gasteiger partial charge in [-0.3, -0.25) is 10.0 Å². The van der Waals surface area contributed by atoms with Gasteiger partial charge in [0.1, 0.15) is 0 Å². The predicted molar refractivity (Wildman–Crippen MR) is 65.7 cm³/mol. The quantitative estimate of drug-likeness (QED) is 0.426. The summed E-state index contributed by atoms with van der Waals surface area (Å²) < 4.78 is 0. The number of nitrogens with zero attached hydrogens (tertiary/aromatic N) is 2. The minimum absolute atomic E-state index is 0.0184. The molecule has 1 aliphatic heterocycles. The van der Waals surface area contributed by atoms with Gasteiger partial charge in [0.25, 0.3) is 5.91 Å². The van der Waals surface area contributed by atoms with Gasteiger partial charge in [0, 0.05) is 6.61 Å². The van der Waals surface area contributed by atoms with Crippen LogP contribution in [0.15, 0.2) is 5.10 Å². The standard InChI is InChI=1S/C11H19N3O5/c1-7-11(4-5-15,8(16)13-12-7)6-10(2,3)14(19)9(17)18/h15,19H,4-6H2,1-3H3,(H,13,16)(H,17,18). The second-order valence-corrected chi connectivity index (χ2v) is 5.28. The summed E-state index contributed by atoms with van der Waals surface area (Å²) >= 11 is 0. The molecule has 8 heteroatoms. The maximum atomic E-state index is 12.0. The van der Waals surface area contributed by atoms with Gasteiger partial charge in [-0.15, -0.1) is 0 Å². The van der Waals surface area contributed by atoms with Gasteiger partial charge in [0.05, 0.1) is 16.7 Å². The molecule has 0 aromatic rings. The first kappa shape index (κ1) is 15.4. The number of nitrogens with one attached hydrogen (secondary N) is 1. The Balaban J connectivity index is 3.07. The molecule has 0 aromatic carbocycles. The zero-order valence-corrected chi connectivity index (χ0v) is 11.2. The van der Waals surface area contributed by atoms with E-state index in [2.05, 4.69) is 10.5 Å². The number of carboxylic acid groups (broad SMARTS) is 1. The van der Waals surface area contributed by atoms with Crippen molar-refractivity contribution >= 4 is 17.7 Å². The lowest BCUT2D eigenvalue weighted by Crippen LogP contribution is -2.52. The molecule has 1 atom stereocenters. The summed E-state index contributed by atoms with van der Waals surface area (Å²) in [5.74, 6) is -0.397. The van der Waals surface area contributed by atoms with E-state index >= 15 is 0 Å². The Morgan fingerprint density at radius 2 is 2.11 bits per heavy atom. The zero-order chi connectivity index (χ0) is 14.8. The van der Waals surface area contributed by atoms with Crippen molar-refractivity contribution in [2.45, 2.75) is 39.2 Å². The molecule has 8 nitrogen and oxygen atoms in total. The minimum Gasteiger partial charge on any atom is -0.463 e. The molecule has 0 aliphatic carbocycles. The predicted octanol–water partition coefficient (Wildman–Crippen LogP) is 0.399. The van der Waals surface area contributed by atoms with Crippen LogP contribution in [0.1, 0.15) is 33.6 Å². The van der Waals surface area contributed by atoms with E-state index in [1.807, 2.05) is 0 Å². The Morgan fingerprint density at radius 1 is 1.53 bits per heavy atom. The van der Waals surface area contributed by atoms with Crippen LogP contribution in [-0.2, 0) is 4.79 Å². The number of carbonyl (C=O) groups is 2. The summed E-state index contributed by atoms with van der Waals surface area (Å²) in [6.45, 7) is 4.39. The number of aliphatic hydroxyl groups excluding tert-OH is 1. The van der Waals surface area contributed by atoms with Crippen molar-refractivity contribution < 1.29 is 25.0 Å². The van der Waals surface area contributed by atoms with Crippen LogP contribution in [0.3, 0.4) is 0 Å². The normalized spacial score (nSPS) is 23.0. The molecule has 0 aromatic heterocycles. The maximum Gasteiger partial charge on any atom is 0.431 e. The molecule has 0 bridgehead atoms. The number of hydroxylamine groups is 2. The average molecular weight is 273 g/mol. The summed E-state index contributed by atoms with van der Waals surface area (Å²) in [5, 5.41) is 31.6. The molecule has 19 heavy (non-hydrogen) atoms. The number of hydrogen-bond donors (Lipinski definition) is 4. The minimum atomic E-state index is -1.50. The van der Waals surface area contributed by atoms with Gasteiger partial charge in [-0.1, -0.05) is 0 Å². The maximum absolute atomic E-state index is 12.0. The SMILES string of the molecule is CC1=NNC(=O)C1(CCO)CC(C)(C)N(O)C(=O)O. The second kappa shape index (κ2) is 5.14. The lowest BCUT2D eigenvalue weighted by molar-refractivity contribution is -0.147. The molecule has 0 saturated carbocycles. The highest BCUT2D eigenvalue weighted by molar-refractivity contribution is 6.11. The summed E-state index contributed by atoms with van der Waals surface area (Å²) in [4.78, 5) is 22.8. The Morgan fingerprint density at radius 3 is 2.47 bits per heavy atom. The Hall–Kier alpha value is -1.67. The van der Waals surface area contributed by atoms with E-state index in [4.69, 9.17) is 10.2 Å². The zero-order valence-electron chi connectivity index (χ0n) is 11.2. The van der Waals surface area contributed by atoms with E-state index in [1.54, 1.807) is 6.92 Å². The monoisotopic (exact) mass is 273 g/mol. The first-order valence-corrected chi connectivity index (χ1v) is 5.85. The third kappa shape index (κ3) is 2.69. The Bertz CT molecular complexity index is 421. The van der Waals surface area contributed by atoms with Gasteiger partial charge < -0.3 is 10.2 Å². The van der Waals surface area contributed by atoms with Crippen LogP contribution in [0.5, 0.6) is 0 Å². The van der Waals surface area contributed by atoms with Crippen molar-refractivity contribution in [2.24, 2.45) is 10.5 Å². The largest absolute Gasteiger partial charge is 0.463 e. The van der Waals surface area contributed by atoms with Crippen LogP contribution >= 0.6 is 0 Å². The van der Waals surface area contributed by atoms with Gasteiger partial charge >= 0.3 is 6.09 Å². The number of carbonyl (C=O) groups excluding carboxylic acids is 1. The number of aliphatic hydroxyl groups is 1. The van der Waals surface area contributed by atoms with E-state index < -0.39 is 23.0 Å². The molecule has 2 amide bonds. The number of hydrogen-bond acceptors (Lipinski definition) is 5. The fourth-order valence-corrected chi connectivity index (χ4v) is 2.37. The molecule has 0 radical (unpaired) electrons. The highest BCUT2D eigenvalue weighted by Gasteiger charge is 2.50.